The maximum absolute atomic E-state index is 10.7. The Bertz CT molecular complexity index is 298. The molecule has 0 bridgehead atoms. The number of hydrogen-bond donors (Lipinski definition) is 1. The summed E-state index contributed by atoms with van der Waals surface area (Å²) in [7, 11) is 1.57. The molecule has 0 radical (unpaired) electrons. The lowest BCUT2D eigenvalue weighted by Gasteiger charge is -2.08. The number of rotatable bonds is 3. The number of nitrogens with one attached hydrogen (secondary N) is 1. The molecule has 13 heavy (non-hydrogen) atoms. The standard InChI is InChI=1S/C8H12N2O2S/c1-5(9-6(2)11)7-4-8(12-3)10-13-7/h4-5H,1-3H3,(H,9,11). The van der Waals surface area contributed by atoms with Crippen molar-refractivity contribution in [2.24, 2.45) is 0 Å². The molecular weight excluding hydrogens is 188 g/mol. The highest BCUT2D eigenvalue weighted by Crippen LogP contribution is 2.22. The number of amides is 1. The highest BCUT2D eigenvalue weighted by molar-refractivity contribution is 7.06. The average Bonchev–Trinajstić information content (AvgIpc) is 2.50. The Labute approximate surface area is 81.1 Å². The molecule has 1 unspecified atom stereocenters. The van der Waals surface area contributed by atoms with Crippen molar-refractivity contribution in [3.8, 4) is 5.88 Å². The fourth-order valence-corrected chi connectivity index (χ4v) is 1.64. The number of aromatic nitrogens is 1. The second kappa shape index (κ2) is 4.23. The number of nitrogens with zero attached hydrogens (tertiary/aromatic N) is 1. The first-order valence-electron chi connectivity index (χ1n) is 3.91. The van der Waals surface area contributed by atoms with Crippen molar-refractivity contribution in [2.45, 2.75) is 19.9 Å². The number of carbonyl (C=O) groups is 1. The van der Waals surface area contributed by atoms with Crippen molar-refractivity contribution >= 4 is 17.4 Å². The Hall–Kier alpha value is -1.10. The van der Waals surface area contributed by atoms with E-state index < -0.39 is 0 Å². The lowest BCUT2D eigenvalue weighted by molar-refractivity contribution is -0.119. The van der Waals surface area contributed by atoms with Gasteiger partial charge in [-0.3, -0.25) is 4.79 Å². The van der Waals surface area contributed by atoms with Gasteiger partial charge < -0.3 is 10.1 Å². The van der Waals surface area contributed by atoms with Gasteiger partial charge in [0.25, 0.3) is 0 Å². The van der Waals surface area contributed by atoms with Crippen LogP contribution in [0.2, 0.25) is 0 Å². The summed E-state index contributed by atoms with van der Waals surface area (Å²) in [5.74, 6) is 0.553. The SMILES string of the molecule is COc1cc(C(C)NC(C)=O)sn1. The molecule has 4 nitrogen and oxygen atoms in total. The molecule has 0 aliphatic heterocycles. The van der Waals surface area contributed by atoms with Crippen molar-refractivity contribution in [1.29, 1.82) is 0 Å². The van der Waals surface area contributed by atoms with Crippen molar-refractivity contribution in [1.82, 2.24) is 9.69 Å². The van der Waals surface area contributed by atoms with Crippen LogP contribution in [0, 0.1) is 0 Å². The van der Waals surface area contributed by atoms with E-state index in [9.17, 15) is 4.79 Å². The second-order valence-electron chi connectivity index (χ2n) is 2.69. The number of carbonyl (C=O) groups excluding carboxylic acids is 1. The van der Waals surface area contributed by atoms with E-state index in [4.69, 9.17) is 4.74 Å². The molecule has 0 aliphatic rings. The van der Waals surface area contributed by atoms with E-state index >= 15 is 0 Å². The Morgan fingerprint density at radius 2 is 2.46 bits per heavy atom. The highest BCUT2D eigenvalue weighted by Gasteiger charge is 2.10. The van der Waals surface area contributed by atoms with E-state index in [2.05, 4.69) is 9.69 Å². The van der Waals surface area contributed by atoms with Gasteiger partial charge in [0.05, 0.1) is 18.0 Å². The van der Waals surface area contributed by atoms with Gasteiger partial charge in [-0.05, 0) is 18.5 Å². The van der Waals surface area contributed by atoms with Crippen LogP contribution >= 0.6 is 11.5 Å². The minimum atomic E-state index is -0.0418. The van der Waals surface area contributed by atoms with E-state index in [1.807, 2.05) is 13.0 Å². The van der Waals surface area contributed by atoms with Crippen LogP contribution in [0.5, 0.6) is 5.88 Å². The maximum Gasteiger partial charge on any atom is 0.225 e. The van der Waals surface area contributed by atoms with E-state index in [-0.39, 0.29) is 11.9 Å². The van der Waals surface area contributed by atoms with Crippen LogP contribution in [0.4, 0.5) is 0 Å². The zero-order valence-electron chi connectivity index (χ0n) is 7.83. The molecular formula is C8H12N2O2S. The van der Waals surface area contributed by atoms with Crippen molar-refractivity contribution in [2.75, 3.05) is 7.11 Å². The fourth-order valence-electron chi connectivity index (χ4n) is 0.948. The van der Waals surface area contributed by atoms with Crippen LogP contribution in [0.3, 0.4) is 0 Å². The van der Waals surface area contributed by atoms with Gasteiger partial charge in [0.1, 0.15) is 0 Å². The molecule has 0 fully saturated rings. The Morgan fingerprint density at radius 1 is 1.77 bits per heavy atom. The summed E-state index contributed by atoms with van der Waals surface area (Å²) >= 11 is 1.33. The molecule has 1 heterocycles. The third kappa shape index (κ3) is 2.69. The zero-order valence-corrected chi connectivity index (χ0v) is 8.64. The molecule has 1 atom stereocenters. The first kappa shape index (κ1) is 9.98. The minimum Gasteiger partial charge on any atom is -0.480 e. The summed E-state index contributed by atoms with van der Waals surface area (Å²) in [6.07, 6.45) is 0. The second-order valence-corrected chi connectivity index (χ2v) is 3.53. The topological polar surface area (TPSA) is 51.2 Å². The highest BCUT2D eigenvalue weighted by atomic mass is 32.1. The smallest absolute Gasteiger partial charge is 0.225 e. The van der Waals surface area contributed by atoms with Gasteiger partial charge in [-0.25, -0.2) is 0 Å². The lowest BCUT2D eigenvalue weighted by atomic mass is 10.3. The minimum absolute atomic E-state index is 0.00102. The predicted octanol–water partition coefficient (Wildman–Crippen LogP) is 1.35. The molecule has 5 heteroatoms. The largest absolute Gasteiger partial charge is 0.480 e. The van der Waals surface area contributed by atoms with Gasteiger partial charge in [-0.1, -0.05) is 0 Å². The van der Waals surface area contributed by atoms with Crippen LogP contribution in [-0.2, 0) is 4.79 Å². The molecule has 1 aromatic heterocycles. The Kier molecular flexibility index (Phi) is 3.25. The monoisotopic (exact) mass is 200 g/mol. The normalized spacial score (nSPS) is 12.2. The number of methoxy groups -OCH3 is 1. The van der Waals surface area contributed by atoms with Gasteiger partial charge in [0.2, 0.25) is 11.8 Å². The molecule has 0 aliphatic carbocycles. The molecule has 0 saturated carbocycles. The van der Waals surface area contributed by atoms with E-state index in [1.165, 1.54) is 18.5 Å². The van der Waals surface area contributed by atoms with Crippen LogP contribution < -0.4 is 10.1 Å². The van der Waals surface area contributed by atoms with Crippen molar-refractivity contribution in [3.05, 3.63) is 10.9 Å². The first-order valence-corrected chi connectivity index (χ1v) is 4.68. The van der Waals surface area contributed by atoms with E-state index in [1.54, 1.807) is 7.11 Å². The molecule has 72 valence electrons. The maximum atomic E-state index is 10.7. The van der Waals surface area contributed by atoms with Crippen LogP contribution in [0.25, 0.3) is 0 Å². The van der Waals surface area contributed by atoms with Crippen molar-refractivity contribution in [3.63, 3.8) is 0 Å². The van der Waals surface area contributed by atoms with Gasteiger partial charge in [0, 0.05) is 13.0 Å². The third-order valence-electron chi connectivity index (χ3n) is 1.56. The van der Waals surface area contributed by atoms with Crippen LogP contribution in [-0.4, -0.2) is 17.4 Å². The van der Waals surface area contributed by atoms with Gasteiger partial charge >= 0.3 is 0 Å². The first-order chi connectivity index (χ1) is 6.13. The lowest BCUT2D eigenvalue weighted by Crippen LogP contribution is -2.22. The average molecular weight is 200 g/mol. The van der Waals surface area contributed by atoms with Gasteiger partial charge in [-0.15, -0.1) is 0 Å². The molecule has 0 aromatic carbocycles. The summed E-state index contributed by atoms with van der Waals surface area (Å²) in [6.45, 7) is 3.41. The summed E-state index contributed by atoms with van der Waals surface area (Å²) in [5, 5.41) is 2.77. The molecule has 1 rings (SSSR count). The molecule has 1 N–H and O–H groups in total. The van der Waals surface area contributed by atoms with Crippen LogP contribution in [0.15, 0.2) is 6.07 Å². The number of hydrogen-bond acceptors (Lipinski definition) is 4. The summed E-state index contributed by atoms with van der Waals surface area (Å²) in [4.78, 5) is 11.7. The molecule has 1 aromatic rings. The quantitative estimate of drug-likeness (QED) is 0.801. The molecule has 0 saturated heterocycles. The van der Waals surface area contributed by atoms with Gasteiger partial charge in [0.15, 0.2) is 0 Å². The van der Waals surface area contributed by atoms with Gasteiger partial charge in [-0.2, -0.15) is 4.37 Å². The predicted molar refractivity (Wildman–Crippen MR) is 50.9 cm³/mol. The number of ether oxygens (including phenoxy) is 1. The van der Waals surface area contributed by atoms with Crippen LogP contribution in [0.1, 0.15) is 24.8 Å². The third-order valence-corrected chi connectivity index (χ3v) is 2.52. The van der Waals surface area contributed by atoms with E-state index in [0.29, 0.717) is 5.88 Å². The zero-order chi connectivity index (χ0) is 9.84. The van der Waals surface area contributed by atoms with Crippen molar-refractivity contribution < 1.29 is 9.53 Å². The summed E-state index contributed by atoms with van der Waals surface area (Å²) in [6, 6.07) is 1.82. The summed E-state index contributed by atoms with van der Waals surface area (Å²) < 4.78 is 8.97. The van der Waals surface area contributed by atoms with E-state index in [0.717, 1.165) is 4.88 Å². The molecule has 0 spiro atoms. The fraction of sp³-hybridized carbons (Fsp3) is 0.500. The summed E-state index contributed by atoms with van der Waals surface area (Å²) in [5.41, 5.74) is 0. The Morgan fingerprint density at radius 3 is 2.92 bits per heavy atom. The molecule has 1 amide bonds. The Balaban J connectivity index is 2.65.